The average molecular weight is 609 g/mol. The third-order valence-electron chi connectivity index (χ3n) is 8.18. The maximum absolute atomic E-state index is 15.9. The highest BCUT2D eigenvalue weighted by molar-refractivity contribution is 5.95. The van der Waals surface area contributed by atoms with Crippen LogP contribution in [-0.2, 0) is 12.6 Å². The van der Waals surface area contributed by atoms with Crippen molar-refractivity contribution in [2.75, 3.05) is 24.5 Å². The number of benzene rings is 4. The van der Waals surface area contributed by atoms with E-state index in [1.807, 2.05) is 30.3 Å². The summed E-state index contributed by atoms with van der Waals surface area (Å²) in [4.78, 5) is 2.23. The molecule has 1 aromatic heterocycles. The highest BCUT2D eigenvalue weighted by Gasteiger charge is 2.35. The van der Waals surface area contributed by atoms with Gasteiger partial charge in [-0.05, 0) is 55.6 Å². The van der Waals surface area contributed by atoms with Crippen molar-refractivity contribution in [3.63, 3.8) is 0 Å². The maximum Gasteiger partial charge on any atom is 0.418 e. The van der Waals surface area contributed by atoms with Crippen LogP contribution in [0.15, 0.2) is 91.0 Å². The number of nitrogens with one attached hydrogen (secondary N) is 1. The molecule has 10 heteroatoms. The molecule has 0 aliphatic carbocycles. The molecular formula is C34H30F6N4. The SMILES string of the molecule is Fc1cccc(C(F)n2nc3c(C(F)(F)F)cccc3c2-c2ccc(N3CCC(NCCc4ccccc4)CC3)cc2)c1F. The van der Waals surface area contributed by atoms with Crippen molar-refractivity contribution in [3.05, 3.63) is 119 Å². The highest BCUT2D eigenvalue weighted by atomic mass is 19.4. The molecule has 0 saturated carbocycles. The molecule has 1 aliphatic heterocycles. The molecule has 0 radical (unpaired) electrons. The van der Waals surface area contributed by atoms with E-state index in [4.69, 9.17) is 0 Å². The molecule has 0 bridgehead atoms. The van der Waals surface area contributed by atoms with Gasteiger partial charge in [0, 0.05) is 41.3 Å². The monoisotopic (exact) mass is 608 g/mol. The van der Waals surface area contributed by atoms with Crippen molar-refractivity contribution < 1.29 is 26.3 Å². The number of hydrogen-bond acceptors (Lipinski definition) is 3. The van der Waals surface area contributed by atoms with Crippen molar-refractivity contribution in [1.29, 1.82) is 0 Å². The van der Waals surface area contributed by atoms with Crippen molar-refractivity contribution in [1.82, 2.24) is 15.1 Å². The first-order chi connectivity index (χ1) is 21.2. The van der Waals surface area contributed by atoms with E-state index >= 15 is 4.39 Å². The second-order valence-corrected chi connectivity index (χ2v) is 11.0. The number of fused-ring (bicyclic) bond motifs is 1. The van der Waals surface area contributed by atoms with Gasteiger partial charge in [-0.15, -0.1) is 0 Å². The second kappa shape index (κ2) is 12.4. The lowest BCUT2D eigenvalue weighted by molar-refractivity contribution is -0.136. The molecule has 2 heterocycles. The van der Waals surface area contributed by atoms with Gasteiger partial charge in [0.25, 0.3) is 0 Å². The molecule has 1 aliphatic rings. The molecule has 1 N–H and O–H groups in total. The van der Waals surface area contributed by atoms with Crippen LogP contribution in [0, 0.1) is 11.6 Å². The van der Waals surface area contributed by atoms with E-state index in [2.05, 4.69) is 27.4 Å². The predicted octanol–water partition coefficient (Wildman–Crippen LogP) is 8.32. The zero-order valence-corrected chi connectivity index (χ0v) is 23.7. The fourth-order valence-electron chi connectivity index (χ4n) is 5.88. The Morgan fingerprint density at radius 3 is 2.25 bits per heavy atom. The maximum atomic E-state index is 15.9. The number of rotatable bonds is 8. The molecule has 5 aromatic rings. The van der Waals surface area contributed by atoms with E-state index in [-0.39, 0.29) is 11.1 Å². The number of anilines is 1. The van der Waals surface area contributed by atoms with Gasteiger partial charge in [0.15, 0.2) is 11.6 Å². The number of nitrogens with zero attached hydrogens (tertiary/aromatic N) is 3. The summed E-state index contributed by atoms with van der Waals surface area (Å²) in [7, 11) is 0. The Bertz CT molecular complexity index is 1730. The van der Waals surface area contributed by atoms with Crippen LogP contribution in [0.4, 0.5) is 32.0 Å². The lowest BCUT2D eigenvalue weighted by atomic mass is 10.0. The van der Waals surface area contributed by atoms with Crippen LogP contribution in [0.2, 0.25) is 0 Å². The van der Waals surface area contributed by atoms with E-state index in [9.17, 15) is 22.0 Å². The Morgan fingerprint density at radius 2 is 1.55 bits per heavy atom. The van der Waals surface area contributed by atoms with Gasteiger partial charge in [-0.3, -0.25) is 0 Å². The summed E-state index contributed by atoms with van der Waals surface area (Å²) in [6.45, 7) is 2.54. The van der Waals surface area contributed by atoms with Gasteiger partial charge in [0.05, 0.1) is 11.3 Å². The van der Waals surface area contributed by atoms with Crippen LogP contribution >= 0.6 is 0 Å². The molecule has 0 amide bonds. The summed E-state index contributed by atoms with van der Waals surface area (Å²) < 4.78 is 86.8. The molecular weight excluding hydrogens is 578 g/mol. The topological polar surface area (TPSA) is 33.1 Å². The Hall–Kier alpha value is -4.31. The Morgan fingerprint density at radius 1 is 0.841 bits per heavy atom. The molecule has 228 valence electrons. The molecule has 1 saturated heterocycles. The van der Waals surface area contributed by atoms with E-state index in [0.717, 1.165) is 68.8 Å². The lowest BCUT2D eigenvalue weighted by Crippen LogP contribution is -2.43. The lowest BCUT2D eigenvalue weighted by Gasteiger charge is -2.34. The summed E-state index contributed by atoms with van der Waals surface area (Å²) in [5.41, 5.74) is 0.475. The molecule has 1 unspecified atom stereocenters. The number of halogens is 6. The van der Waals surface area contributed by atoms with Gasteiger partial charge in [-0.2, -0.15) is 18.3 Å². The third kappa shape index (κ3) is 6.04. The fourth-order valence-corrected chi connectivity index (χ4v) is 5.88. The van der Waals surface area contributed by atoms with Crippen LogP contribution in [-0.4, -0.2) is 35.5 Å². The molecule has 1 atom stereocenters. The van der Waals surface area contributed by atoms with E-state index < -0.39 is 40.7 Å². The Kier molecular flexibility index (Phi) is 8.35. The van der Waals surface area contributed by atoms with Gasteiger partial charge in [-0.1, -0.05) is 66.7 Å². The fraction of sp³-hybridized carbons (Fsp3) is 0.265. The molecule has 6 rings (SSSR count). The molecule has 0 spiro atoms. The highest BCUT2D eigenvalue weighted by Crippen LogP contribution is 2.40. The van der Waals surface area contributed by atoms with Crippen LogP contribution in [0.3, 0.4) is 0 Å². The second-order valence-electron chi connectivity index (χ2n) is 11.0. The molecule has 1 fully saturated rings. The molecule has 4 nitrogen and oxygen atoms in total. The van der Waals surface area contributed by atoms with Crippen molar-refractivity contribution in [3.8, 4) is 11.3 Å². The zero-order chi connectivity index (χ0) is 30.8. The van der Waals surface area contributed by atoms with Crippen molar-refractivity contribution >= 4 is 16.6 Å². The first-order valence-corrected chi connectivity index (χ1v) is 14.5. The minimum Gasteiger partial charge on any atom is -0.371 e. The first-order valence-electron chi connectivity index (χ1n) is 14.5. The van der Waals surface area contributed by atoms with E-state index in [1.54, 1.807) is 12.1 Å². The van der Waals surface area contributed by atoms with Gasteiger partial charge in [0.1, 0.15) is 5.52 Å². The van der Waals surface area contributed by atoms with Gasteiger partial charge < -0.3 is 10.2 Å². The summed E-state index contributed by atoms with van der Waals surface area (Å²) >= 11 is 0. The number of hydrogen-bond donors (Lipinski definition) is 1. The van der Waals surface area contributed by atoms with Crippen LogP contribution in [0.25, 0.3) is 22.2 Å². The zero-order valence-electron chi connectivity index (χ0n) is 23.7. The quantitative estimate of drug-likeness (QED) is 0.180. The summed E-state index contributed by atoms with van der Waals surface area (Å²) in [6.07, 6.45) is -4.25. The first kappa shape index (κ1) is 29.7. The van der Waals surface area contributed by atoms with Crippen LogP contribution in [0.1, 0.15) is 35.8 Å². The Balaban J connectivity index is 1.25. The third-order valence-corrected chi connectivity index (χ3v) is 8.18. The standard InChI is InChI=1S/C34H30F6N4/c35-29-11-5-8-26(30(29)36)33(37)44-32(27-9-4-10-28(31(27)42-44)34(38,39)40)23-12-14-25(15-13-23)43-20-17-24(18-21-43)41-19-16-22-6-2-1-3-7-22/h1-15,24,33,41H,16-21H2. The minimum atomic E-state index is -4.75. The molecule has 4 aromatic carbocycles. The van der Waals surface area contributed by atoms with E-state index in [0.29, 0.717) is 16.3 Å². The smallest absolute Gasteiger partial charge is 0.371 e. The normalized spacial score (nSPS) is 15.2. The van der Waals surface area contributed by atoms with Crippen LogP contribution < -0.4 is 10.2 Å². The predicted molar refractivity (Wildman–Crippen MR) is 159 cm³/mol. The number of piperidine rings is 1. The van der Waals surface area contributed by atoms with Gasteiger partial charge in [-0.25, -0.2) is 17.9 Å². The number of aromatic nitrogens is 2. The largest absolute Gasteiger partial charge is 0.418 e. The summed E-state index contributed by atoms with van der Waals surface area (Å²) in [5.74, 6) is -2.69. The van der Waals surface area contributed by atoms with Crippen molar-refractivity contribution in [2.45, 2.75) is 37.8 Å². The number of alkyl halides is 4. The van der Waals surface area contributed by atoms with Crippen LogP contribution in [0.5, 0.6) is 0 Å². The summed E-state index contributed by atoms with van der Waals surface area (Å²) in [6, 6.07) is 24.3. The minimum absolute atomic E-state index is 0.0372. The Labute approximate surface area is 250 Å². The van der Waals surface area contributed by atoms with Gasteiger partial charge in [0.2, 0.25) is 6.30 Å². The average Bonchev–Trinajstić information content (AvgIpc) is 3.42. The summed E-state index contributed by atoms with van der Waals surface area (Å²) in [5, 5.41) is 7.67. The molecule has 44 heavy (non-hydrogen) atoms. The van der Waals surface area contributed by atoms with Crippen molar-refractivity contribution in [2.24, 2.45) is 0 Å². The van der Waals surface area contributed by atoms with E-state index in [1.165, 1.54) is 17.7 Å². The van der Waals surface area contributed by atoms with Gasteiger partial charge >= 0.3 is 6.18 Å².